The summed E-state index contributed by atoms with van der Waals surface area (Å²) in [5, 5.41) is 6.87. The van der Waals surface area contributed by atoms with Gasteiger partial charge in [0, 0.05) is 37.2 Å². The molecule has 0 aliphatic rings. The van der Waals surface area contributed by atoms with Gasteiger partial charge in [-0.1, -0.05) is 39.0 Å². The lowest BCUT2D eigenvalue weighted by atomic mass is 9.85. The molecule has 0 aliphatic carbocycles. The van der Waals surface area contributed by atoms with E-state index in [9.17, 15) is 0 Å². The van der Waals surface area contributed by atoms with Gasteiger partial charge in [0.15, 0.2) is 0 Å². The van der Waals surface area contributed by atoms with Gasteiger partial charge < -0.3 is 0 Å². The van der Waals surface area contributed by atoms with Gasteiger partial charge in [0.2, 0.25) is 0 Å². The van der Waals surface area contributed by atoms with Crippen LogP contribution in [0.15, 0.2) is 70.4 Å². The number of benzene rings is 2. The molecule has 4 heteroatoms. The Morgan fingerprint density at radius 1 is 0.828 bits per heavy atom. The van der Waals surface area contributed by atoms with Crippen LogP contribution in [0.2, 0.25) is 0 Å². The predicted molar refractivity (Wildman–Crippen MR) is 132 cm³/mol. The molecule has 0 saturated carbocycles. The number of hydrogen-bond acceptors (Lipinski definition) is 4. The molecule has 2 aromatic carbocycles. The molecule has 0 aliphatic heterocycles. The third kappa shape index (κ3) is 3.20. The number of fused-ring (bicyclic) bond motifs is 2. The minimum absolute atomic E-state index is 0.0655. The van der Waals surface area contributed by atoms with Crippen LogP contribution in [0, 0.1) is 0 Å². The number of nitrogens with zero attached hydrogens (tertiary/aromatic N) is 1. The van der Waals surface area contributed by atoms with Crippen molar-refractivity contribution in [1.29, 1.82) is 0 Å². The zero-order valence-electron chi connectivity index (χ0n) is 16.6. The lowest BCUT2D eigenvalue weighted by molar-refractivity contribution is 0.597. The second-order valence-electron chi connectivity index (χ2n) is 8.31. The number of aromatic nitrogens is 1. The molecule has 3 aromatic heterocycles. The first-order valence-electron chi connectivity index (χ1n) is 9.60. The van der Waals surface area contributed by atoms with Crippen molar-refractivity contribution >= 4 is 55.5 Å². The summed E-state index contributed by atoms with van der Waals surface area (Å²) >= 11 is 8.56. The maximum atomic E-state index is 4.97. The normalized spacial score (nSPS) is 12.1. The van der Waals surface area contributed by atoms with E-state index in [0.29, 0.717) is 0 Å². The van der Waals surface area contributed by atoms with E-state index in [-0.39, 0.29) is 5.41 Å². The van der Waals surface area contributed by atoms with E-state index >= 15 is 0 Å². The van der Waals surface area contributed by atoms with Crippen molar-refractivity contribution in [3.05, 3.63) is 71.1 Å². The van der Waals surface area contributed by atoms with Gasteiger partial charge in [-0.15, -0.1) is 35.3 Å². The Labute approximate surface area is 184 Å². The fraction of sp³-hybridized carbons (Fsp3) is 0.160. The quantitative estimate of drug-likeness (QED) is 0.277. The second-order valence-corrected chi connectivity index (χ2v) is 10.6. The molecule has 0 saturated heterocycles. The molecule has 5 rings (SSSR count). The van der Waals surface area contributed by atoms with Crippen molar-refractivity contribution in [2.45, 2.75) is 31.1 Å². The average molecular weight is 432 g/mol. The van der Waals surface area contributed by atoms with Crippen LogP contribution < -0.4 is 0 Å². The van der Waals surface area contributed by atoms with Gasteiger partial charge in [0.05, 0.1) is 5.69 Å². The second kappa shape index (κ2) is 6.98. The Balaban J connectivity index is 1.75. The van der Waals surface area contributed by atoms with Gasteiger partial charge in [-0.05, 0) is 62.8 Å². The third-order valence-corrected chi connectivity index (χ3v) is 7.71. The van der Waals surface area contributed by atoms with E-state index in [1.54, 1.807) is 11.3 Å². The molecule has 0 spiro atoms. The molecular weight excluding hydrogens is 410 g/mol. The average Bonchev–Trinajstić information content (AvgIpc) is 3.35. The van der Waals surface area contributed by atoms with Crippen LogP contribution in [0.25, 0.3) is 42.6 Å². The minimum Gasteiger partial charge on any atom is -0.255 e. The molecular formula is C25H21NS3. The first-order valence-corrected chi connectivity index (χ1v) is 11.8. The van der Waals surface area contributed by atoms with Gasteiger partial charge in [-0.25, -0.2) is 0 Å². The summed E-state index contributed by atoms with van der Waals surface area (Å²) in [7, 11) is 0. The first-order chi connectivity index (χ1) is 13.9. The first kappa shape index (κ1) is 18.9. The third-order valence-electron chi connectivity index (χ3n) is 5.33. The van der Waals surface area contributed by atoms with E-state index in [4.69, 9.17) is 17.6 Å². The molecule has 29 heavy (non-hydrogen) atoms. The van der Waals surface area contributed by atoms with Crippen molar-refractivity contribution in [3.8, 4) is 22.4 Å². The Bertz CT molecular complexity index is 1350. The van der Waals surface area contributed by atoms with E-state index in [0.717, 1.165) is 21.7 Å². The zero-order chi connectivity index (χ0) is 20.2. The fourth-order valence-electron chi connectivity index (χ4n) is 3.86. The van der Waals surface area contributed by atoms with Crippen molar-refractivity contribution in [2.24, 2.45) is 0 Å². The minimum atomic E-state index is 0.0655. The number of thiophene rings is 2. The molecule has 144 valence electrons. The van der Waals surface area contributed by atoms with Gasteiger partial charge in [0.1, 0.15) is 0 Å². The summed E-state index contributed by atoms with van der Waals surface area (Å²) in [6.07, 6.45) is 1.91. The molecule has 3 heterocycles. The molecule has 0 radical (unpaired) electrons. The summed E-state index contributed by atoms with van der Waals surface area (Å²) in [4.78, 5) is 5.68. The Kier molecular flexibility index (Phi) is 4.54. The monoisotopic (exact) mass is 431 g/mol. The van der Waals surface area contributed by atoms with Gasteiger partial charge >= 0.3 is 0 Å². The van der Waals surface area contributed by atoms with Gasteiger partial charge in [-0.3, -0.25) is 4.98 Å². The predicted octanol–water partition coefficient (Wildman–Crippen LogP) is 8.43. The summed E-state index contributed by atoms with van der Waals surface area (Å²) < 4.78 is 2.66. The van der Waals surface area contributed by atoms with Crippen molar-refractivity contribution in [1.82, 2.24) is 4.98 Å². The fourth-order valence-corrected chi connectivity index (χ4v) is 6.28. The highest BCUT2D eigenvalue weighted by Gasteiger charge is 2.21. The number of pyridine rings is 1. The van der Waals surface area contributed by atoms with Crippen LogP contribution >= 0.6 is 35.3 Å². The maximum Gasteiger partial charge on any atom is 0.0841 e. The number of rotatable bonds is 2. The summed E-state index contributed by atoms with van der Waals surface area (Å²) in [5.41, 5.74) is 5.85. The van der Waals surface area contributed by atoms with E-state index in [1.807, 2.05) is 17.5 Å². The Hall–Kier alpha value is -2.14. The smallest absolute Gasteiger partial charge is 0.0841 e. The highest BCUT2D eigenvalue weighted by atomic mass is 32.1. The summed E-state index contributed by atoms with van der Waals surface area (Å²) in [5.74, 6) is 0. The SMILES string of the molecule is CC(C)(C)c1cc(-c2nccc(-c3cccc4ccsc34)c2S)cc2ccsc12. The van der Waals surface area contributed by atoms with Crippen molar-refractivity contribution in [3.63, 3.8) is 0 Å². The van der Waals surface area contributed by atoms with Crippen LogP contribution in [-0.4, -0.2) is 4.98 Å². The van der Waals surface area contributed by atoms with Crippen LogP contribution in [0.5, 0.6) is 0 Å². The summed E-state index contributed by atoms with van der Waals surface area (Å²) in [6, 6.07) is 17.5. The molecule has 0 amide bonds. The van der Waals surface area contributed by atoms with Crippen LogP contribution in [0.1, 0.15) is 26.3 Å². The van der Waals surface area contributed by atoms with Crippen molar-refractivity contribution < 1.29 is 0 Å². The molecule has 0 N–H and O–H groups in total. The lowest BCUT2D eigenvalue weighted by Crippen LogP contribution is -2.11. The Morgan fingerprint density at radius 3 is 2.38 bits per heavy atom. The van der Waals surface area contributed by atoms with Gasteiger partial charge in [0.25, 0.3) is 0 Å². The largest absolute Gasteiger partial charge is 0.255 e. The topological polar surface area (TPSA) is 12.9 Å². The molecule has 0 fully saturated rings. The van der Waals surface area contributed by atoms with E-state index < -0.39 is 0 Å². The molecule has 5 aromatic rings. The zero-order valence-corrected chi connectivity index (χ0v) is 19.1. The van der Waals surface area contributed by atoms with E-state index in [1.165, 1.54) is 31.3 Å². The molecule has 1 nitrogen and oxygen atoms in total. The number of hydrogen-bond donors (Lipinski definition) is 1. The van der Waals surface area contributed by atoms with Gasteiger partial charge in [-0.2, -0.15) is 0 Å². The highest BCUT2D eigenvalue weighted by molar-refractivity contribution is 7.80. The lowest BCUT2D eigenvalue weighted by Gasteiger charge is -2.21. The van der Waals surface area contributed by atoms with Crippen LogP contribution in [-0.2, 0) is 5.41 Å². The van der Waals surface area contributed by atoms with Crippen molar-refractivity contribution in [2.75, 3.05) is 0 Å². The van der Waals surface area contributed by atoms with Crippen LogP contribution in [0.3, 0.4) is 0 Å². The molecule has 0 bridgehead atoms. The Morgan fingerprint density at radius 2 is 1.59 bits per heavy atom. The van der Waals surface area contributed by atoms with Crippen LogP contribution in [0.4, 0.5) is 0 Å². The maximum absolute atomic E-state index is 4.97. The standard InChI is InChI=1S/C25H21NS3/c1-25(2,3)20-14-17(13-16-9-12-29-24(16)20)21-22(27)18(7-10-26-21)19-6-4-5-15-8-11-28-23(15)19/h4-14,27H,1-3H3. The van der Waals surface area contributed by atoms with E-state index in [2.05, 4.69) is 80.1 Å². The molecule has 0 atom stereocenters. The molecule has 0 unspecified atom stereocenters. The number of thiol groups is 1. The summed E-state index contributed by atoms with van der Waals surface area (Å²) in [6.45, 7) is 6.82. The highest BCUT2D eigenvalue weighted by Crippen LogP contribution is 2.41.